The Morgan fingerprint density at radius 1 is 1.33 bits per heavy atom. The number of ether oxygens (including phenoxy) is 1. The Morgan fingerprint density at radius 2 is 2.00 bits per heavy atom. The molecule has 5 heteroatoms. The van der Waals surface area contributed by atoms with Crippen LogP contribution in [-0.4, -0.2) is 43.3 Å². The Kier molecular flexibility index (Phi) is 5.73. The van der Waals surface area contributed by atoms with Crippen LogP contribution in [0.25, 0.3) is 0 Å². The third-order valence-corrected chi connectivity index (χ3v) is 4.23. The average molecular weight is 313 g/mol. The van der Waals surface area contributed by atoms with E-state index in [2.05, 4.69) is 24.1 Å². The van der Waals surface area contributed by atoms with Gasteiger partial charge in [0, 0.05) is 32.2 Å². The third kappa shape index (κ3) is 4.02. The number of hydrogen-bond acceptors (Lipinski definition) is 4. The molecule has 1 saturated heterocycles. The molecule has 1 aliphatic heterocycles. The first-order valence-electron chi connectivity index (χ1n) is 7.54. The van der Waals surface area contributed by atoms with Crippen molar-refractivity contribution in [3.8, 4) is 11.5 Å². The second kappa shape index (κ2) is 7.34. The molecule has 2 rings (SSSR count). The van der Waals surface area contributed by atoms with Gasteiger partial charge in [-0.2, -0.15) is 0 Å². The molecule has 21 heavy (non-hydrogen) atoms. The summed E-state index contributed by atoms with van der Waals surface area (Å²) >= 11 is 6.16. The van der Waals surface area contributed by atoms with Crippen molar-refractivity contribution in [1.29, 1.82) is 0 Å². The lowest BCUT2D eigenvalue weighted by Gasteiger charge is -2.36. The minimum Gasteiger partial charge on any atom is -0.503 e. The van der Waals surface area contributed by atoms with Crippen molar-refractivity contribution in [3.05, 3.63) is 22.7 Å². The van der Waals surface area contributed by atoms with Crippen molar-refractivity contribution in [2.75, 3.05) is 33.3 Å². The van der Waals surface area contributed by atoms with Gasteiger partial charge < -0.3 is 15.2 Å². The normalized spacial score (nSPS) is 18.0. The van der Waals surface area contributed by atoms with E-state index in [1.54, 1.807) is 7.11 Å². The van der Waals surface area contributed by atoms with Crippen LogP contribution in [0.15, 0.2) is 12.1 Å². The summed E-state index contributed by atoms with van der Waals surface area (Å²) in [4.78, 5) is 2.48. The SMILES string of the molecule is COc1cc([C@H](CC(C)C)N2CCNCC2)cc(Cl)c1O. The van der Waals surface area contributed by atoms with Crippen molar-refractivity contribution in [3.63, 3.8) is 0 Å². The second-order valence-corrected chi connectivity index (χ2v) is 6.39. The van der Waals surface area contributed by atoms with Crippen LogP contribution in [0, 0.1) is 5.92 Å². The second-order valence-electron chi connectivity index (χ2n) is 5.98. The van der Waals surface area contributed by atoms with Gasteiger partial charge >= 0.3 is 0 Å². The highest BCUT2D eigenvalue weighted by Crippen LogP contribution is 2.39. The molecule has 1 aromatic carbocycles. The lowest BCUT2D eigenvalue weighted by molar-refractivity contribution is 0.154. The largest absolute Gasteiger partial charge is 0.503 e. The molecule has 1 aliphatic rings. The molecule has 1 atom stereocenters. The first-order valence-corrected chi connectivity index (χ1v) is 7.92. The van der Waals surface area contributed by atoms with E-state index in [0.717, 1.165) is 38.2 Å². The fourth-order valence-corrected chi connectivity index (χ4v) is 3.10. The first-order chi connectivity index (χ1) is 10.0. The molecule has 0 spiro atoms. The molecule has 0 saturated carbocycles. The summed E-state index contributed by atoms with van der Waals surface area (Å²) in [7, 11) is 1.55. The van der Waals surface area contributed by atoms with Crippen molar-refractivity contribution in [1.82, 2.24) is 10.2 Å². The van der Waals surface area contributed by atoms with Gasteiger partial charge in [0.2, 0.25) is 0 Å². The van der Waals surface area contributed by atoms with Crippen LogP contribution >= 0.6 is 11.6 Å². The van der Waals surface area contributed by atoms with E-state index in [9.17, 15) is 5.11 Å². The van der Waals surface area contributed by atoms with Gasteiger partial charge in [-0.25, -0.2) is 0 Å². The van der Waals surface area contributed by atoms with Crippen molar-refractivity contribution < 1.29 is 9.84 Å². The quantitative estimate of drug-likeness (QED) is 0.877. The van der Waals surface area contributed by atoms with E-state index in [0.29, 0.717) is 22.7 Å². The zero-order valence-electron chi connectivity index (χ0n) is 13.0. The monoisotopic (exact) mass is 312 g/mol. The van der Waals surface area contributed by atoms with E-state index in [1.165, 1.54) is 0 Å². The van der Waals surface area contributed by atoms with Crippen molar-refractivity contribution in [2.45, 2.75) is 26.3 Å². The zero-order chi connectivity index (χ0) is 15.4. The van der Waals surface area contributed by atoms with Crippen LogP contribution in [0.3, 0.4) is 0 Å². The Bertz CT molecular complexity index is 474. The molecule has 0 aliphatic carbocycles. The van der Waals surface area contributed by atoms with Crippen LogP contribution < -0.4 is 10.1 Å². The van der Waals surface area contributed by atoms with Crippen LogP contribution in [0.5, 0.6) is 11.5 Å². The van der Waals surface area contributed by atoms with Crippen LogP contribution in [0.2, 0.25) is 5.02 Å². The number of benzene rings is 1. The van der Waals surface area contributed by atoms with E-state index >= 15 is 0 Å². The van der Waals surface area contributed by atoms with Gasteiger partial charge in [0.15, 0.2) is 11.5 Å². The smallest absolute Gasteiger partial charge is 0.176 e. The van der Waals surface area contributed by atoms with Gasteiger partial charge in [0.05, 0.1) is 12.1 Å². The third-order valence-electron chi connectivity index (χ3n) is 3.94. The van der Waals surface area contributed by atoms with E-state index in [4.69, 9.17) is 16.3 Å². The lowest BCUT2D eigenvalue weighted by atomic mass is 9.94. The highest BCUT2D eigenvalue weighted by atomic mass is 35.5. The molecule has 118 valence electrons. The fraction of sp³-hybridized carbons (Fsp3) is 0.625. The highest BCUT2D eigenvalue weighted by Gasteiger charge is 2.25. The number of rotatable bonds is 5. The van der Waals surface area contributed by atoms with E-state index in [-0.39, 0.29) is 5.75 Å². The summed E-state index contributed by atoms with van der Waals surface area (Å²) in [5, 5.41) is 13.7. The number of piperazine rings is 1. The van der Waals surface area contributed by atoms with Crippen molar-refractivity contribution in [2.24, 2.45) is 5.92 Å². The summed E-state index contributed by atoms with van der Waals surface area (Å²) in [6, 6.07) is 4.09. The highest BCUT2D eigenvalue weighted by molar-refractivity contribution is 6.32. The van der Waals surface area contributed by atoms with Crippen LogP contribution in [-0.2, 0) is 0 Å². The predicted octanol–water partition coefficient (Wildman–Crippen LogP) is 3.05. The molecule has 4 nitrogen and oxygen atoms in total. The van der Waals surface area contributed by atoms with E-state index < -0.39 is 0 Å². The molecule has 1 fully saturated rings. The van der Waals surface area contributed by atoms with Gasteiger partial charge in [-0.1, -0.05) is 25.4 Å². The number of aromatic hydroxyl groups is 1. The maximum Gasteiger partial charge on any atom is 0.176 e. The van der Waals surface area contributed by atoms with Crippen LogP contribution in [0.4, 0.5) is 0 Å². The van der Waals surface area contributed by atoms with Crippen LogP contribution in [0.1, 0.15) is 31.9 Å². The number of nitrogens with zero attached hydrogens (tertiary/aromatic N) is 1. The molecular weight excluding hydrogens is 288 g/mol. The molecule has 0 radical (unpaired) electrons. The average Bonchev–Trinajstić information content (AvgIpc) is 2.48. The number of hydrogen-bond donors (Lipinski definition) is 2. The molecule has 2 N–H and O–H groups in total. The number of nitrogens with one attached hydrogen (secondary N) is 1. The molecule has 0 amide bonds. The minimum atomic E-state index is 0.0199. The van der Waals surface area contributed by atoms with Gasteiger partial charge in [0.25, 0.3) is 0 Å². The predicted molar refractivity (Wildman–Crippen MR) is 86.3 cm³/mol. The topological polar surface area (TPSA) is 44.7 Å². The summed E-state index contributed by atoms with van der Waals surface area (Å²) in [5.74, 6) is 1.05. The molecule has 1 heterocycles. The lowest BCUT2D eigenvalue weighted by Crippen LogP contribution is -2.45. The van der Waals surface area contributed by atoms with Gasteiger partial charge in [0.1, 0.15) is 0 Å². The van der Waals surface area contributed by atoms with Gasteiger partial charge in [-0.05, 0) is 30.0 Å². The number of methoxy groups -OCH3 is 1. The summed E-state index contributed by atoms with van der Waals surface area (Å²) in [6.45, 7) is 8.54. The zero-order valence-corrected chi connectivity index (χ0v) is 13.8. The maximum atomic E-state index is 9.92. The first kappa shape index (κ1) is 16.4. The Hall–Kier alpha value is -0.970. The fourth-order valence-electron chi connectivity index (χ4n) is 2.88. The summed E-state index contributed by atoms with van der Waals surface area (Å²) in [5.41, 5.74) is 1.12. The van der Waals surface area contributed by atoms with Crippen molar-refractivity contribution >= 4 is 11.6 Å². The Labute approximate surface area is 132 Å². The summed E-state index contributed by atoms with van der Waals surface area (Å²) < 4.78 is 5.24. The number of phenolic OH excluding ortho intramolecular Hbond substituents is 1. The molecule has 1 aromatic rings. The minimum absolute atomic E-state index is 0.0199. The number of halogens is 1. The molecular formula is C16H25ClN2O2. The molecule has 0 aromatic heterocycles. The maximum absolute atomic E-state index is 9.92. The molecule has 0 bridgehead atoms. The summed E-state index contributed by atoms with van der Waals surface area (Å²) in [6.07, 6.45) is 1.06. The standard InChI is InChI=1S/C16H25ClN2O2/c1-11(2)8-14(19-6-4-18-5-7-19)12-9-13(17)16(20)15(10-12)21-3/h9-11,14,18,20H,4-8H2,1-3H3/t14-/m0/s1. The van der Waals surface area contributed by atoms with E-state index in [1.807, 2.05) is 12.1 Å². The Balaban J connectivity index is 2.33. The number of phenols is 1. The van der Waals surface area contributed by atoms with Gasteiger partial charge in [-0.15, -0.1) is 0 Å². The Morgan fingerprint density at radius 3 is 2.57 bits per heavy atom. The molecule has 0 unspecified atom stereocenters. The van der Waals surface area contributed by atoms with Gasteiger partial charge in [-0.3, -0.25) is 4.90 Å².